The van der Waals surface area contributed by atoms with Crippen LogP contribution in [-0.2, 0) is 14.3 Å². The summed E-state index contributed by atoms with van der Waals surface area (Å²) in [4.78, 5) is 22.9. The van der Waals surface area contributed by atoms with Crippen LogP contribution in [0.2, 0.25) is 0 Å². The largest absolute Gasteiger partial charge is 0.465 e. The second-order valence-corrected chi connectivity index (χ2v) is 4.39. The van der Waals surface area contributed by atoms with E-state index in [1.165, 1.54) is 27.7 Å². The van der Waals surface area contributed by atoms with E-state index in [0.717, 1.165) is 0 Å². The highest BCUT2D eigenvalue weighted by molar-refractivity contribution is 5.92. The third-order valence-electron chi connectivity index (χ3n) is 2.85. The Morgan fingerprint density at radius 1 is 1.27 bits per heavy atom. The van der Waals surface area contributed by atoms with Gasteiger partial charge in [-0.1, -0.05) is 6.92 Å². The molecule has 0 aromatic carbocycles. The standard InChI is InChI=1S/C11H20O4/c1-6-7-15-9(13)10(3,4)11(5,14)8(2)12/h14H,6-7H2,1-5H3. The topological polar surface area (TPSA) is 63.6 Å². The molecule has 0 saturated carbocycles. The highest BCUT2D eigenvalue weighted by atomic mass is 16.5. The first-order valence-corrected chi connectivity index (χ1v) is 5.08. The van der Waals surface area contributed by atoms with E-state index in [9.17, 15) is 14.7 Å². The fourth-order valence-electron chi connectivity index (χ4n) is 1.01. The van der Waals surface area contributed by atoms with E-state index in [4.69, 9.17) is 4.74 Å². The van der Waals surface area contributed by atoms with Crippen molar-refractivity contribution >= 4 is 11.8 Å². The third kappa shape index (κ3) is 2.78. The molecule has 0 rings (SSSR count). The van der Waals surface area contributed by atoms with Crippen molar-refractivity contribution in [1.82, 2.24) is 0 Å². The molecule has 0 aliphatic rings. The lowest BCUT2D eigenvalue weighted by Crippen LogP contribution is -2.52. The molecule has 0 radical (unpaired) electrons. The smallest absolute Gasteiger partial charge is 0.314 e. The maximum absolute atomic E-state index is 11.6. The first-order valence-electron chi connectivity index (χ1n) is 5.08. The van der Waals surface area contributed by atoms with Crippen LogP contribution in [0.25, 0.3) is 0 Å². The first-order chi connectivity index (χ1) is 6.67. The highest BCUT2D eigenvalue weighted by Gasteiger charge is 2.49. The Morgan fingerprint density at radius 3 is 2.07 bits per heavy atom. The molecule has 88 valence electrons. The fourth-order valence-corrected chi connectivity index (χ4v) is 1.01. The zero-order valence-electron chi connectivity index (χ0n) is 10.1. The molecule has 0 saturated heterocycles. The summed E-state index contributed by atoms with van der Waals surface area (Å²) in [6.45, 7) is 7.79. The van der Waals surface area contributed by atoms with Gasteiger partial charge in [0.05, 0.1) is 12.0 Å². The van der Waals surface area contributed by atoms with E-state index in [1.54, 1.807) is 0 Å². The summed E-state index contributed by atoms with van der Waals surface area (Å²) in [7, 11) is 0. The number of rotatable bonds is 5. The van der Waals surface area contributed by atoms with Gasteiger partial charge in [0.1, 0.15) is 5.60 Å². The lowest BCUT2D eigenvalue weighted by atomic mass is 9.74. The summed E-state index contributed by atoms with van der Waals surface area (Å²) in [5.74, 6) is -0.995. The van der Waals surface area contributed by atoms with Crippen LogP contribution in [0.5, 0.6) is 0 Å². The molecule has 4 nitrogen and oxygen atoms in total. The summed E-state index contributed by atoms with van der Waals surface area (Å²) < 4.78 is 4.94. The van der Waals surface area contributed by atoms with Gasteiger partial charge >= 0.3 is 5.97 Å². The Kier molecular flexibility index (Phi) is 4.46. The minimum absolute atomic E-state index is 0.302. The molecule has 4 heteroatoms. The zero-order chi connectivity index (χ0) is 12.3. The highest BCUT2D eigenvalue weighted by Crippen LogP contribution is 2.32. The van der Waals surface area contributed by atoms with E-state index in [2.05, 4.69) is 0 Å². The minimum atomic E-state index is -1.70. The molecular weight excluding hydrogens is 196 g/mol. The van der Waals surface area contributed by atoms with Crippen LogP contribution >= 0.6 is 0 Å². The van der Waals surface area contributed by atoms with Gasteiger partial charge in [-0.25, -0.2) is 0 Å². The van der Waals surface area contributed by atoms with Crippen LogP contribution < -0.4 is 0 Å². The Bertz CT molecular complexity index is 253. The van der Waals surface area contributed by atoms with Crippen LogP contribution in [0.1, 0.15) is 41.0 Å². The monoisotopic (exact) mass is 216 g/mol. The van der Waals surface area contributed by atoms with Gasteiger partial charge in [-0.3, -0.25) is 9.59 Å². The van der Waals surface area contributed by atoms with Gasteiger partial charge in [0, 0.05) is 0 Å². The van der Waals surface area contributed by atoms with Crippen LogP contribution in [0.15, 0.2) is 0 Å². The molecule has 0 aromatic rings. The van der Waals surface area contributed by atoms with Gasteiger partial charge in [-0.05, 0) is 34.1 Å². The fraction of sp³-hybridized carbons (Fsp3) is 0.818. The molecular formula is C11H20O4. The van der Waals surface area contributed by atoms with Crippen LogP contribution in [0.3, 0.4) is 0 Å². The van der Waals surface area contributed by atoms with Crippen molar-refractivity contribution < 1.29 is 19.4 Å². The number of carbonyl (C=O) groups is 2. The molecule has 0 amide bonds. The van der Waals surface area contributed by atoms with Crippen molar-refractivity contribution in [3.8, 4) is 0 Å². The lowest BCUT2D eigenvalue weighted by Gasteiger charge is -2.35. The molecule has 0 fully saturated rings. The van der Waals surface area contributed by atoms with Crippen molar-refractivity contribution in [2.24, 2.45) is 5.41 Å². The molecule has 0 aliphatic carbocycles. The quantitative estimate of drug-likeness (QED) is 0.704. The molecule has 0 bridgehead atoms. The third-order valence-corrected chi connectivity index (χ3v) is 2.85. The van der Waals surface area contributed by atoms with Crippen molar-refractivity contribution in [3.05, 3.63) is 0 Å². The second kappa shape index (κ2) is 4.75. The minimum Gasteiger partial charge on any atom is -0.465 e. The van der Waals surface area contributed by atoms with Gasteiger partial charge in [-0.2, -0.15) is 0 Å². The molecule has 1 N–H and O–H groups in total. The van der Waals surface area contributed by atoms with Crippen molar-refractivity contribution in [1.29, 1.82) is 0 Å². The Hall–Kier alpha value is -0.900. The molecule has 0 spiro atoms. The number of esters is 1. The normalized spacial score (nSPS) is 15.6. The van der Waals surface area contributed by atoms with Crippen molar-refractivity contribution in [2.75, 3.05) is 6.61 Å². The van der Waals surface area contributed by atoms with Gasteiger partial charge in [0.2, 0.25) is 0 Å². The molecule has 0 aliphatic heterocycles. The maximum Gasteiger partial charge on any atom is 0.314 e. The molecule has 15 heavy (non-hydrogen) atoms. The Labute approximate surface area is 90.6 Å². The van der Waals surface area contributed by atoms with Gasteiger partial charge in [0.25, 0.3) is 0 Å². The molecule has 1 atom stereocenters. The molecule has 1 unspecified atom stereocenters. The second-order valence-electron chi connectivity index (χ2n) is 4.39. The van der Waals surface area contributed by atoms with Gasteiger partial charge in [-0.15, -0.1) is 0 Å². The number of Topliss-reactive ketones (excluding diaryl/α,β-unsaturated/α-hetero) is 1. The predicted molar refractivity (Wildman–Crippen MR) is 56.3 cm³/mol. The summed E-state index contributed by atoms with van der Waals surface area (Å²) in [6.07, 6.45) is 0.712. The number of carbonyl (C=O) groups excluding carboxylic acids is 2. The average Bonchev–Trinajstić information content (AvgIpc) is 2.13. The van der Waals surface area contributed by atoms with Crippen LogP contribution in [-0.4, -0.2) is 29.1 Å². The number of ether oxygens (including phenoxy) is 1. The van der Waals surface area contributed by atoms with E-state index in [-0.39, 0.29) is 0 Å². The number of hydrogen-bond donors (Lipinski definition) is 1. The van der Waals surface area contributed by atoms with E-state index in [1.807, 2.05) is 6.92 Å². The van der Waals surface area contributed by atoms with E-state index >= 15 is 0 Å². The number of aliphatic hydroxyl groups is 1. The van der Waals surface area contributed by atoms with E-state index in [0.29, 0.717) is 13.0 Å². The predicted octanol–water partition coefficient (Wildman–Crippen LogP) is 1.31. The molecule has 0 aromatic heterocycles. The van der Waals surface area contributed by atoms with Crippen molar-refractivity contribution in [2.45, 2.75) is 46.6 Å². The SMILES string of the molecule is CCCOC(=O)C(C)(C)C(C)(O)C(C)=O. The first kappa shape index (κ1) is 14.1. The lowest BCUT2D eigenvalue weighted by molar-refractivity contribution is -0.174. The van der Waals surface area contributed by atoms with Crippen LogP contribution in [0, 0.1) is 5.41 Å². The summed E-state index contributed by atoms with van der Waals surface area (Å²) >= 11 is 0. The summed E-state index contributed by atoms with van der Waals surface area (Å²) in [5, 5.41) is 9.94. The zero-order valence-corrected chi connectivity index (χ0v) is 10.1. The summed E-state index contributed by atoms with van der Waals surface area (Å²) in [6, 6.07) is 0. The number of ketones is 1. The van der Waals surface area contributed by atoms with Crippen LogP contribution in [0.4, 0.5) is 0 Å². The molecule has 0 heterocycles. The average molecular weight is 216 g/mol. The maximum atomic E-state index is 11.6. The van der Waals surface area contributed by atoms with E-state index < -0.39 is 22.8 Å². The van der Waals surface area contributed by atoms with Gasteiger partial charge < -0.3 is 9.84 Å². The Morgan fingerprint density at radius 2 is 1.73 bits per heavy atom. The van der Waals surface area contributed by atoms with Crippen molar-refractivity contribution in [3.63, 3.8) is 0 Å². The Balaban J connectivity index is 4.80. The van der Waals surface area contributed by atoms with Gasteiger partial charge in [0.15, 0.2) is 5.78 Å². The number of hydrogen-bond acceptors (Lipinski definition) is 4. The summed E-state index contributed by atoms with van der Waals surface area (Å²) in [5.41, 5.74) is -2.92.